The molecule has 2 aromatic rings. The molecule has 2 aliphatic heterocycles. The summed E-state index contributed by atoms with van der Waals surface area (Å²) in [5, 5.41) is 2.91. The van der Waals surface area contributed by atoms with Crippen molar-refractivity contribution in [2.45, 2.75) is 24.2 Å². The first-order chi connectivity index (χ1) is 13.6. The third kappa shape index (κ3) is 3.99. The van der Waals surface area contributed by atoms with Crippen molar-refractivity contribution in [1.82, 2.24) is 4.98 Å². The molecule has 0 aliphatic carbocycles. The molecular weight excluding hydrogens is 372 g/mol. The van der Waals surface area contributed by atoms with E-state index < -0.39 is 0 Å². The Morgan fingerprint density at radius 2 is 2.04 bits per heavy atom. The molecular formula is C21H24N4O2S. The Morgan fingerprint density at radius 3 is 2.75 bits per heavy atom. The lowest BCUT2D eigenvalue weighted by molar-refractivity contribution is -0.122. The maximum absolute atomic E-state index is 12.7. The van der Waals surface area contributed by atoms with Crippen molar-refractivity contribution < 1.29 is 9.59 Å². The molecule has 146 valence electrons. The molecule has 0 saturated carbocycles. The Balaban J connectivity index is 1.39. The molecule has 2 amide bonds. The van der Waals surface area contributed by atoms with E-state index >= 15 is 0 Å². The number of carbonyl (C=O) groups excluding carboxylic acids is 2. The summed E-state index contributed by atoms with van der Waals surface area (Å²) in [5.74, 6) is 0.448. The first-order valence-electron chi connectivity index (χ1n) is 9.60. The van der Waals surface area contributed by atoms with Crippen LogP contribution in [0.15, 0.2) is 47.5 Å². The molecule has 28 heavy (non-hydrogen) atoms. The molecule has 3 heterocycles. The van der Waals surface area contributed by atoms with Gasteiger partial charge in [0.25, 0.3) is 0 Å². The summed E-state index contributed by atoms with van der Waals surface area (Å²) >= 11 is 1.63. The number of carbonyl (C=O) groups is 2. The van der Waals surface area contributed by atoms with Crippen LogP contribution in [-0.4, -0.2) is 42.7 Å². The summed E-state index contributed by atoms with van der Waals surface area (Å²) in [6.45, 7) is 2.48. The topological polar surface area (TPSA) is 65.5 Å². The summed E-state index contributed by atoms with van der Waals surface area (Å²) in [6, 6.07) is 11.7. The quantitative estimate of drug-likeness (QED) is 0.785. The van der Waals surface area contributed by atoms with Crippen molar-refractivity contribution in [3.63, 3.8) is 0 Å². The fourth-order valence-electron chi connectivity index (χ4n) is 3.75. The van der Waals surface area contributed by atoms with Gasteiger partial charge in [-0.15, -0.1) is 11.8 Å². The van der Waals surface area contributed by atoms with Crippen LogP contribution in [0.5, 0.6) is 0 Å². The molecule has 0 spiro atoms. The zero-order chi connectivity index (χ0) is 19.5. The van der Waals surface area contributed by atoms with Crippen LogP contribution in [0.4, 0.5) is 17.2 Å². The minimum Gasteiger partial charge on any atom is -0.357 e. The molecule has 0 bridgehead atoms. The number of anilines is 3. The van der Waals surface area contributed by atoms with E-state index in [-0.39, 0.29) is 24.2 Å². The maximum atomic E-state index is 12.7. The van der Waals surface area contributed by atoms with Gasteiger partial charge in [-0.25, -0.2) is 4.98 Å². The Kier molecular flexibility index (Phi) is 5.52. The number of benzene rings is 1. The van der Waals surface area contributed by atoms with E-state index in [0.717, 1.165) is 29.5 Å². The van der Waals surface area contributed by atoms with E-state index in [1.165, 1.54) is 12.8 Å². The molecule has 6 nitrogen and oxygen atoms in total. The highest BCUT2D eigenvalue weighted by Crippen LogP contribution is 2.29. The lowest BCUT2D eigenvalue weighted by Gasteiger charge is -2.18. The van der Waals surface area contributed by atoms with Crippen LogP contribution in [0, 0.1) is 5.92 Å². The molecule has 2 aliphatic rings. The Hall–Kier alpha value is -2.54. The average molecular weight is 397 g/mol. The zero-order valence-electron chi connectivity index (χ0n) is 15.9. The van der Waals surface area contributed by atoms with Crippen LogP contribution in [0.3, 0.4) is 0 Å². The van der Waals surface area contributed by atoms with Gasteiger partial charge in [0.05, 0.1) is 17.8 Å². The number of nitrogens with zero attached hydrogens (tertiary/aromatic N) is 3. The minimum atomic E-state index is -0.358. The monoisotopic (exact) mass is 396 g/mol. The summed E-state index contributed by atoms with van der Waals surface area (Å²) in [4.78, 5) is 34.7. The second kappa shape index (κ2) is 8.22. The largest absolute Gasteiger partial charge is 0.357 e. The van der Waals surface area contributed by atoms with Crippen molar-refractivity contribution in [3.05, 3.63) is 42.6 Å². The maximum Gasteiger partial charge on any atom is 0.229 e. The van der Waals surface area contributed by atoms with Gasteiger partial charge >= 0.3 is 0 Å². The highest BCUT2D eigenvalue weighted by Gasteiger charge is 2.35. The summed E-state index contributed by atoms with van der Waals surface area (Å²) < 4.78 is 0. The van der Waals surface area contributed by atoms with Crippen LogP contribution in [0.1, 0.15) is 19.3 Å². The first-order valence-corrected chi connectivity index (χ1v) is 10.8. The molecule has 2 saturated heterocycles. The standard InChI is InChI=1S/C21H24N4O2S/c1-28-18-6-4-5-17(12-18)25-14-15(11-20(25)26)21(27)23-16-7-8-19(22-13-16)24-9-2-3-10-24/h4-8,12-13,15H,2-3,9-11,14H2,1H3,(H,23,27)/t15-/m1/s1. The minimum absolute atomic E-state index is 0.0130. The second-order valence-electron chi connectivity index (χ2n) is 7.20. The summed E-state index contributed by atoms with van der Waals surface area (Å²) in [6.07, 6.45) is 6.33. The van der Waals surface area contributed by atoms with Crippen LogP contribution in [0.2, 0.25) is 0 Å². The van der Waals surface area contributed by atoms with Gasteiger partial charge in [-0.1, -0.05) is 6.07 Å². The van der Waals surface area contributed by atoms with E-state index in [1.54, 1.807) is 22.9 Å². The second-order valence-corrected chi connectivity index (χ2v) is 8.08. The van der Waals surface area contributed by atoms with Gasteiger partial charge < -0.3 is 15.1 Å². The Labute approximate surface area is 169 Å². The molecule has 0 unspecified atom stereocenters. The van der Waals surface area contributed by atoms with Crippen molar-refractivity contribution in [3.8, 4) is 0 Å². The van der Waals surface area contributed by atoms with Gasteiger partial charge in [-0.3, -0.25) is 9.59 Å². The van der Waals surface area contributed by atoms with E-state index in [9.17, 15) is 9.59 Å². The molecule has 1 aromatic carbocycles. The van der Waals surface area contributed by atoms with Gasteiger partial charge in [0.1, 0.15) is 5.82 Å². The van der Waals surface area contributed by atoms with Crippen molar-refractivity contribution in [2.75, 3.05) is 41.0 Å². The number of thioether (sulfide) groups is 1. The van der Waals surface area contributed by atoms with E-state index in [2.05, 4.69) is 15.2 Å². The van der Waals surface area contributed by atoms with Gasteiger partial charge in [-0.2, -0.15) is 0 Å². The SMILES string of the molecule is CSc1cccc(N2C[C@H](C(=O)Nc3ccc(N4CCCC4)nc3)CC2=O)c1. The smallest absolute Gasteiger partial charge is 0.229 e. The van der Waals surface area contributed by atoms with E-state index in [1.807, 2.05) is 42.7 Å². The zero-order valence-corrected chi connectivity index (χ0v) is 16.7. The number of rotatable bonds is 5. The van der Waals surface area contributed by atoms with Gasteiger partial charge in [0.15, 0.2) is 0 Å². The van der Waals surface area contributed by atoms with E-state index in [0.29, 0.717) is 12.2 Å². The third-order valence-electron chi connectivity index (χ3n) is 5.31. The molecule has 1 N–H and O–H groups in total. The lowest BCUT2D eigenvalue weighted by atomic mass is 10.1. The number of hydrogen-bond acceptors (Lipinski definition) is 5. The van der Waals surface area contributed by atoms with Crippen LogP contribution in [-0.2, 0) is 9.59 Å². The van der Waals surface area contributed by atoms with Crippen LogP contribution in [0.25, 0.3) is 0 Å². The fourth-order valence-corrected chi connectivity index (χ4v) is 4.20. The van der Waals surface area contributed by atoms with Crippen molar-refractivity contribution in [1.29, 1.82) is 0 Å². The summed E-state index contributed by atoms with van der Waals surface area (Å²) in [7, 11) is 0. The fraction of sp³-hybridized carbons (Fsp3) is 0.381. The van der Waals surface area contributed by atoms with Crippen molar-refractivity contribution in [2.24, 2.45) is 5.92 Å². The highest BCUT2D eigenvalue weighted by atomic mass is 32.2. The normalized spacial score (nSPS) is 19.3. The number of pyridine rings is 1. The molecule has 7 heteroatoms. The van der Waals surface area contributed by atoms with Gasteiger partial charge in [0, 0.05) is 36.6 Å². The van der Waals surface area contributed by atoms with Crippen molar-refractivity contribution >= 4 is 40.8 Å². The molecule has 1 aromatic heterocycles. The number of hydrogen-bond donors (Lipinski definition) is 1. The van der Waals surface area contributed by atoms with Crippen LogP contribution < -0.4 is 15.1 Å². The lowest BCUT2D eigenvalue weighted by Crippen LogP contribution is -2.28. The average Bonchev–Trinajstić information content (AvgIpc) is 3.39. The third-order valence-corrected chi connectivity index (χ3v) is 6.03. The Morgan fingerprint density at radius 1 is 1.21 bits per heavy atom. The number of amides is 2. The van der Waals surface area contributed by atoms with E-state index in [4.69, 9.17) is 0 Å². The van der Waals surface area contributed by atoms with Gasteiger partial charge in [-0.05, 0) is 49.4 Å². The number of nitrogens with one attached hydrogen (secondary N) is 1. The molecule has 1 atom stereocenters. The summed E-state index contributed by atoms with van der Waals surface area (Å²) in [5.41, 5.74) is 1.52. The van der Waals surface area contributed by atoms with Gasteiger partial charge in [0.2, 0.25) is 11.8 Å². The predicted octanol–water partition coefficient (Wildman–Crippen LogP) is 3.40. The Bertz CT molecular complexity index is 865. The first kappa shape index (κ1) is 18.8. The molecule has 0 radical (unpaired) electrons. The number of aromatic nitrogens is 1. The molecule has 2 fully saturated rings. The highest BCUT2D eigenvalue weighted by molar-refractivity contribution is 7.98. The van der Waals surface area contributed by atoms with Crippen LogP contribution >= 0.6 is 11.8 Å². The molecule has 4 rings (SSSR count). The predicted molar refractivity (Wildman–Crippen MR) is 113 cm³/mol.